The molecule has 1 aliphatic heterocycles. The fraction of sp³-hybridized carbons (Fsp3) is 1.00. The van der Waals surface area contributed by atoms with Gasteiger partial charge in [-0.2, -0.15) is 0 Å². The first-order valence-electron chi connectivity index (χ1n) is 6.15. The van der Waals surface area contributed by atoms with Crippen molar-refractivity contribution in [2.75, 3.05) is 19.7 Å². The molecular formula is C12H25NO. The highest BCUT2D eigenvalue weighted by Crippen LogP contribution is 2.30. The van der Waals surface area contributed by atoms with Gasteiger partial charge in [-0.15, -0.1) is 0 Å². The fourth-order valence-electron chi connectivity index (χ4n) is 2.48. The first-order chi connectivity index (χ1) is 6.83. The molecule has 0 saturated carbocycles. The zero-order valence-electron chi connectivity index (χ0n) is 9.88. The molecule has 0 bridgehead atoms. The first-order valence-corrected chi connectivity index (χ1v) is 6.15. The van der Waals surface area contributed by atoms with Gasteiger partial charge >= 0.3 is 0 Å². The zero-order chi connectivity index (χ0) is 10.4. The van der Waals surface area contributed by atoms with Crippen molar-refractivity contribution in [1.29, 1.82) is 0 Å². The molecule has 0 aromatic rings. The van der Waals surface area contributed by atoms with Gasteiger partial charge < -0.3 is 10.1 Å². The van der Waals surface area contributed by atoms with Gasteiger partial charge in [0.2, 0.25) is 0 Å². The molecule has 0 spiro atoms. The van der Waals surface area contributed by atoms with Crippen LogP contribution in [-0.2, 0) is 4.74 Å². The molecule has 1 aliphatic rings. The maximum atomic E-state index is 5.87. The van der Waals surface area contributed by atoms with Gasteiger partial charge in [-0.1, -0.05) is 33.6 Å². The van der Waals surface area contributed by atoms with Crippen LogP contribution in [0.2, 0.25) is 0 Å². The zero-order valence-corrected chi connectivity index (χ0v) is 9.88. The number of rotatable bonds is 6. The molecule has 1 heterocycles. The van der Waals surface area contributed by atoms with Gasteiger partial charge in [0.25, 0.3) is 0 Å². The normalized spacial score (nSPS) is 27.4. The molecule has 2 heteroatoms. The molecule has 1 rings (SSSR count). The SMILES string of the molecule is CCNCC1CCOC1C(CC)CC. The smallest absolute Gasteiger partial charge is 0.0644 e. The van der Waals surface area contributed by atoms with Crippen molar-refractivity contribution in [3.8, 4) is 0 Å². The van der Waals surface area contributed by atoms with Crippen LogP contribution in [0.3, 0.4) is 0 Å². The summed E-state index contributed by atoms with van der Waals surface area (Å²) in [4.78, 5) is 0. The van der Waals surface area contributed by atoms with E-state index in [1.165, 1.54) is 19.3 Å². The van der Waals surface area contributed by atoms with Crippen LogP contribution in [0.15, 0.2) is 0 Å². The molecule has 0 aromatic heterocycles. The summed E-state index contributed by atoms with van der Waals surface area (Å²) in [5, 5.41) is 3.44. The van der Waals surface area contributed by atoms with Crippen molar-refractivity contribution >= 4 is 0 Å². The van der Waals surface area contributed by atoms with Gasteiger partial charge in [0.1, 0.15) is 0 Å². The van der Waals surface area contributed by atoms with E-state index >= 15 is 0 Å². The van der Waals surface area contributed by atoms with Crippen molar-refractivity contribution in [2.24, 2.45) is 11.8 Å². The summed E-state index contributed by atoms with van der Waals surface area (Å²) in [5.74, 6) is 1.51. The molecule has 0 amide bonds. The van der Waals surface area contributed by atoms with Crippen molar-refractivity contribution in [3.05, 3.63) is 0 Å². The minimum absolute atomic E-state index is 0.518. The second-order valence-corrected chi connectivity index (χ2v) is 4.27. The van der Waals surface area contributed by atoms with Crippen molar-refractivity contribution in [1.82, 2.24) is 5.32 Å². The molecular weight excluding hydrogens is 174 g/mol. The molecule has 0 aliphatic carbocycles. The lowest BCUT2D eigenvalue weighted by Gasteiger charge is -2.26. The molecule has 84 valence electrons. The van der Waals surface area contributed by atoms with Crippen molar-refractivity contribution in [3.63, 3.8) is 0 Å². The first kappa shape index (κ1) is 12.0. The number of ether oxygens (including phenoxy) is 1. The van der Waals surface area contributed by atoms with Crippen LogP contribution in [0, 0.1) is 11.8 Å². The predicted octanol–water partition coefficient (Wildman–Crippen LogP) is 2.44. The molecule has 1 saturated heterocycles. The molecule has 14 heavy (non-hydrogen) atoms. The van der Waals surface area contributed by atoms with E-state index in [1.54, 1.807) is 0 Å². The molecule has 1 N–H and O–H groups in total. The highest BCUT2D eigenvalue weighted by Gasteiger charge is 2.32. The maximum Gasteiger partial charge on any atom is 0.0644 e. The Morgan fingerprint density at radius 3 is 2.57 bits per heavy atom. The summed E-state index contributed by atoms with van der Waals surface area (Å²) in [6, 6.07) is 0. The van der Waals surface area contributed by atoms with E-state index in [4.69, 9.17) is 4.74 Å². The van der Waals surface area contributed by atoms with Gasteiger partial charge in [-0.25, -0.2) is 0 Å². The minimum atomic E-state index is 0.518. The Morgan fingerprint density at radius 2 is 2.00 bits per heavy atom. The summed E-state index contributed by atoms with van der Waals surface area (Å²) < 4.78 is 5.87. The Balaban J connectivity index is 2.40. The predicted molar refractivity (Wildman–Crippen MR) is 60.5 cm³/mol. The maximum absolute atomic E-state index is 5.87. The van der Waals surface area contributed by atoms with Crippen molar-refractivity contribution < 1.29 is 4.74 Å². The van der Waals surface area contributed by atoms with E-state index in [2.05, 4.69) is 26.1 Å². The summed E-state index contributed by atoms with van der Waals surface area (Å²) in [7, 11) is 0. The van der Waals surface area contributed by atoms with E-state index in [0.717, 1.165) is 31.5 Å². The molecule has 1 fully saturated rings. The van der Waals surface area contributed by atoms with E-state index in [-0.39, 0.29) is 0 Å². The summed E-state index contributed by atoms with van der Waals surface area (Å²) in [5.41, 5.74) is 0. The van der Waals surface area contributed by atoms with Crippen LogP contribution in [0.5, 0.6) is 0 Å². The van der Waals surface area contributed by atoms with Crippen LogP contribution in [0.1, 0.15) is 40.0 Å². The topological polar surface area (TPSA) is 21.3 Å². The van der Waals surface area contributed by atoms with Gasteiger partial charge in [0.15, 0.2) is 0 Å². The van der Waals surface area contributed by atoms with Gasteiger partial charge in [-0.3, -0.25) is 0 Å². The van der Waals surface area contributed by atoms with Gasteiger partial charge in [0, 0.05) is 19.1 Å². The highest BCUT2D eigenvalue weighted by atomic mass is 16.5. The standard InChI is InChI=1S/C12H25NO/c1-4-10(5-2)12-11(7-8-14-12)9-13-6-3/h10-13H,4-9H2,1-3H3. The summed E-state index contributed by atoms with van der Waals surface area (Å²) >= 11 is 0. The second-order valence-electron chi connectivity index (χ2n) is 4.27. The lowest BCUT2D eigenvalue weighted by molar-refractivity contribution is 0.0383. The summed E-state index contributed by atoms with van der Waals surface area (Å²) in [6.45, 7) is 9.91. The minimum Gasteiger partial charge on any atom is -0.378 e. The number of nitrogens with one attached hydrogen (secondary N) is 1. The Bertz CT molecular complexity index is 145. The molecule has 2 unspecified atom stereocenters. The third kappa shape index (κ3) is 2.96. The average molecular weight is 199 g/mol. The quantitative estimate of drug-likeness (QED) is 0.709. The van der Waals surface area contributed by atoms with Crippen LogP contribution in [0.25, 0.3) is 0 Å². The van der Waals surface area contributed by atoms with E-state index in [1.807, 2.05) is 0 Å². The Labute approximate surface area is 88.4 Å². The van der Waals surface area contributed by atoms with E-state index < -0.39 is 0 Å². The Kier molecular flexibility index (Phi) is 5.49. The molecule has 2 atom stereocenters. The third-order valence-corrected chi connectivity index (χ3v) is 3.43. The van der Waals surface area contributed by atoms with Crippen LogP contribution in [-0.4, -0.2) is 25.8 Å². The lowest BCUT2D eigenvalue weighted by atomic mass is 9.87. The third-order valence-electron chi connectivity index (χ3n) is 3.43. The Morgan fingerprint density at radius 1 is 1.29 bits per heavy atom. The second kappa shape index (κ2) is 6.41. The van der Waals surface area contributed by atoms with E-state index in [9.17, 15) is 0 Å². The van der Waals surface area contributed by atoms with Crippen molar-refractivity contribution in [2.45, 2.75) is 46.1 Å². The summed E-state index contributed by atoms with van der Waals surface area (Å²) in [6.07, 6.45) is 4.27. The van der Waals surface area contributed by atoms with E-state index in [0.29, 0.717) is 6.10 Å². The molecule has 2 nitrogen and oxygen atoms in total. The van der Waals surface area contributed by atoms with Crippen LogP contribution >= 0.6 is 0 Å². The average Bonchev–Trinajstić information content (AvgIpc) is 2.65. The fourth-order valence-corrected chi connectivity index (χ4v) is 2.48. The number of hydrogen-bond acceptors (Lipinski definition) is 2. The van der Waals surface area contributed by atoms with Crippen LogP contribution in [0.4, 0.5) is 0 Å². The number of hydrogen-bond donors (Lipinski definition) is 1. The lowest BCUT2D eigenvalue weighted by Crippen LogP contribution is -2.33. The highest BCUT2D eigenvalue weighted by molar-refractivity contribution is 4.82. The van der Waals surface area contributed by atoms with Gasteiger partial charge in [-0.05, 0) is 18.9 Å². The molecule has 0 aromatic carbocycles. The monoisotopic (exact) mass is 199 g/mol. The molecule has 0 radical (unpaired) electrons. The van der Waals surface area contributed by atoms with Crippen LogP contribution < -0.4 is 5.32 Å². The van der Waals surface area contributed by atoms with Gasteiger partial charge in [0.05, 0.1) is 6.10 Å². The Hall–Kier alpha value is -0.0800. The largest absolute Gasteiger partial charge is 0.378 e.